The lowest BCUT2D eigenvalue weighted by atomic mass is 9.88. The molecule has 0 unspecified atom stereocenters. The second-order valence-corrected chi connectivity index (χ2v) is 6.02. The Balaban J connectivity index is 1.58. The molecule has 25 heavy (non-hydrogen) atoms. The van der Waals surface area contributed by atoms with Crippen molar-refractivity contribution in [3.05, 3.63) is 65.0 Å². The number of aryl methyl sites for hydroxylation is 1. The molecule has 130 valence electrons. The van der Waals surface area contributed by atoms with E-state index in [9.17, 15) is 14.0 Å². The maximum atomic E-state index is 13.0. The zero-order valence-electron chi connectivity index (χ0n) is 13.6. The number of rotatable bonds is 4. The fourth-order valence-corrected chi connectivity index (χ4v) is 3.07. The Hall–Kier alpha value is -2.89. The molecule has 0 saturated heterocycles. The van der Waals surface area contributed by atoms with Crippen molar-refractivity contribution in [3.63, 3.8) is 0 Å². The third kappa shape index (κ3) is 3.96. The molecule has 3 N–H and O–H groups in total. The highest BCUT2D eigenvalue weighted by molar-refractivity contribution is 5.96. The summed E-state index contributed by atoms with van der Waals surface area (Å²) >= 11 is 0. The summed E-state index contributed by atoms with van der Waals surface area (Å²) in [6.07, 6.45) is 2.84. The highest BCUT2D eigenvalue weighted by Crippen LogP contribution is 2.29. The minimum absolute atomic E-state index is 0.0217. The van der Waals surface area contributed by atoms with E-state index in [0.29, 0.717) is 0 Å². The van der Waals surface area contributed by atoms with Crippen molar-refractivity contribution in [1.29, 1.82) is 0 Å². The Morgan fingerprint density at radius 3 is 2.84 bits per heavy atom. The van der Waals surface area contributed by atoms with E-state index >= 15 is 0 Å². The predicted octanol–water partition coefficient (Wildman–Crippen LogP) is 2.76. The van der Waals surface area contributed by atoms with Gasteiger partial charge in [-0.05, 0) is 48.6 Å². The van der Waals surface area contributed by atoms with Gasteiger partial charge in [0.1, 0.15) is 5.82 Å². The molecule has 1 amide bonds. The topological polar surface area (TPSA) is 81.4 Å². The fourth-order valence-electron chi connectivity index (χ4n) is 3.07. The molecular formula is C19H19FN2O3. The van der Waals surface area contributed by atoms with E-state index in [0.717, 1.165) is 37.0 Å². The Labute approximate surface area is 145 Å². The summed E-state index contributed by atoms with van der Waals surface area (Å²) in [7, 11) is 0. The summed E-state index contributed by atoms with van der Waals surface area (Å²) < 4.78 is 18.0. The number of esters is 1. The van der Waals surface area contributed by atoms with Gasteiger partial charge in [-0.2, -0.15) is 0 Å². The van der Waals surface area contributed by atoms with Crippen molar-refractivity contribution in [2.24, 2.45) is 0 Å². The average molecular weight is 342 g/mol. The van der Waals surface area contributed by atoms with Gasteiger partial charge in [-0.3, -0.25) is 4.79 Å². The van der Waals surface area contributed by atoms with Gasteiger partial charge in [0.05, 0.1) is 11.6 Å². The average Bonchev–Trinajstić information content (AvgIpc) is 2.60. The van der Waals surface area contributed by atoms with Gasteiger partial charge in [-0.25, -0.2) is 9.18 Å². The van der Waals surface area contributed by atoms with Gasteiger partial charge in [0.15, 0.2) is 6.61 Å². The molecule has 6 heteroatoms. The maximum absolute atomic E-state index is 13.0. The number of nitrogens with one attached hydrogen (secondary N) is 1. The number of ether oxygens (including phenoxy) is 1. The van der Waals surface area contributed by atoms with Crippen LogP contribution in [0.25, 0.3) is 0 Å². The molecule has 0 bridgehead atoms. The van der Waals surface area contributed by atoms with E-state index in [4.69, 9.17) is 10.5 Å². The van der Waals surface area contributed by atoms with Crippen molar-refractivity contribution in [2.45, 2.75) is 25.3 Å². The van der Waals surface area contributed by atoms with Gasteiger partial charge in [0, 0.05) is 5.69 Å². The molecule has 0 spiro atoms. The minimum Gasteiger partial charge on any atom is -0.452 e. The summed E-state index contributed by atoms with van der Waals surface area (Å²) in [6, 6.07) is 11.3. The number of nitrogen functional groups attached to an aromatic ring is 1. The highest BCUT2D eigenvalue weighted by atomic mass is 19.1. The molecule has 3 rings (SSSR count). The van der Waals surface area contributed by atoms with Gasteiger partial charge in [0.2, 0.25) is 0 Å². The first-order valence-electron chi connectivity index (χ1n) is 8.14. The second kappa shape index (κ2) is 7.34. The zero-order chi connectivity index (χ0) is 17.8. The number of benzene rings is 2. The fraction of sp³-hybridized carbons (Fsp3) is 0.263. The number of carbonyl (C=O) groups excluding carboxylic acids is 2. The standard InChI is InChI=1S/C19H19FN2O3/c20-13-8-9-15(16(21)10-13)19(24)25-11-18(23)22-17-7-3-5-12-4-1-2-6-14(12)17/h1-2,4,6,8-10,17H,3,5,7,11,21H2,(H,22,23)/t17-/m0/s1. The molecule has 0 saturated carbocycles. The number of halogens is 1. The first-order valence-corrected chi connectivity index (χ1v) is 8.14. The Morgan fingerprint density at radius 2 is 2.04 bits per heavy atom. The van der Waals surface area contributed by atoms with Crippen LogP contribution in [0.5, 0.6) is 0 Å². The van der Waals surface area contributed by atoms with Crippen molar-refractivity contribution < 1.29 is 18.7 Å². The lowest BCUT2D eigenvalue weighted by Gasteiger charge is -2.26. The normalized spacial score (nSPS) is 16.0. The lowest BCUT2D eigenvalue weighted by Crippen LogP contribution is -2.34. The van der Waals surface area contributed by atoms with E-state index in [2.05, 4.69) is 11.4 Å². The number of carbonyl (C=O) groups is 2. The minimum atomic E-state index is -0.753. The number of hydrogen-bond acceptors (Lipinski definition) is 4. The molecule has 0 radical (unpaired) electrons. The highest BCUT2D eigenvalue weighted by Gasteiger charge is 2.22. The van der Waals surface area contributed by atoms with Gasteiger partial charge in [-0.1, -0.05) is 24.3 Å². The molecule has 2 aromatic carbocycles. The molecule has 1 atom stereocenters. The van der Waals surface area contributed by atoms with Crippen LogP contribution in [0, 0.1) is 5.82 Å². The Morgan fingerprint density at radius 1 is 1.24 bits per heavy atom. The molecular weight excluding hydrogens is 323 g/mol. The lowest BCUT2D eigenvalue weighted by molar-refractivity contribution is -0.125. The van der Waals surface area contributed by atoms with E-state index in [1.165, 1.54) is 11.6 Å². The van der Waals surface area contributed by atoms with E-state index < -0.39 is 18.4 Å². The first kappa shape index (κ1) is 17.0. The molecule has 2 aromatic rings. The van der Waals surface area contributed by atoms with Crippen molar-refractivity contribution in [2.75, 3.05) is 12.3 Å². The largest absolute Gasteiger partial charge is 0.452 e. The number of fused-ring (bicyclic) bond motifs is 1. The van der Waals surface area contributed by atoms with Gasteiger partial charge in [0.25, 0.3) is 5.91 Å². The second-order valence-electron chi connectivity index (χ2n) is 6.02. The van der Waals surface area contributed by atoms with Crippen LogP contribution >= 0.6 is 0 Å². The van der Waals surface area contributed by atoms with Gasteiger partial charge >= 0.3 is 5.97 Å². The monoisotopic (exact) mass is 342 g/mol. The summed E-state index contributed by atoms with van der Waals surface area (Å²) in [4.78, 5) is 24.1. The summed E-state index contributed by atoms with van der Waals surface area (Å²) in [5.41, 5.74) is 7.95. The number of nitrogens with two attached hydrogens (primary N) is 1. The predicted molar refractivity (Wildman–Crippen MR) is 91.4 cm³/mol. The van der Waals surface area contributed by atoms with Crippen LogP contribution in [0.15, 0.2) is 42.5 Å². The zero-order valence-corrected chi connectivity index (χ0v) is 13.6. The van der Waals surface area contributed by atoms with Gasteiger partial charge < -0.3 is 15.8 Å². The number of anilines is 1. The van der Waals surface area contributed by atoms with E-state index in [1.807, 2.05) is 18.2 Å². The molecule has 0 fully saturated rings. The first-order chi connectivity index (χ1) is 12.0. The molecule has 1 aliphatic carbocycles. The van der Waals surface area contributed by atoms with E-state index in [1.54, 1.807) is 0 Å². The molecule has 1 aliphatic rings. The summed E-state index contributed by atoms with van der Waals surface area (Å²) in [5, 5.41) is 2.90. The van der Waals surface area contributed by atoms with Crippen LogP contribution in [0.2, 0.25) is 0 Å². The van der Waals surface area contributed by atoms with Crippen LogP contribution in [0.1, 0.15) is 40.4 Å². The quantitative estimate of drug-likeness (QED) is 0.661. The van der Waals surface area contributed by atoms with Crippen LogP contribution in [0.3, 0.4) is 0 Å². The Kier molecular flexibility index (Phi) is 4.97. The summed E-state index contributed by atoms with van der Waals surface area (Å²) in [6.45, 7) is -0.408. The van der Waals surface area contributed by atoms with Gasteiger partial charge in [-0.15, -0.1) is 0 Å². The summed E-state index contributed by atoms with van der Waals surface area (Å²) in [5.74, 6) is -1.67. The van der Waals surface area contributed by atoms with Crippen molar-refractivity contribution in [1.82, 2.24) is 5.32 Å². The third-order valence-corrected chi connectivity index (χ3v) is 4.27. The van der Waals surface area contributed by atoms with Crippen molar-refractivity contribution >= 4 is 17.6 Å². The molecule has 0 aliphatic heterocycles. The molecule has 0 heterocycles. The maximum Gasteiger partial charge on any atom is 0.340 e. The van der Waals surface area contributed by atoms with Crippen LogP contribution in [-0.4, -0.2) is 18.5 Å². The van der Waals surface area contributed by atoms with Crippen LogP contribution < -0.4 is 11.1 Å². The molecule has 5 nitrogen and oxygen atoms in total. The van der Waals surface area contributed by atoms with Crippen LogP contribution in [-0.2, 0) is 16.0 Å². The number of hydrogen-bond donors (Lipinski definition) is 2. The molecule has 0 aromatic heterocycles. The SMILES string of the molecule is Nc1cc(F)ccc1C(=O)OCC(=O)N[C@H]1CCCc2ccccc21. The Bertz CT molecular complexity index is 807. The smallest absolute Gasteiger partial charge is 0.340 e. The van der Waals surface area contributed by atoms with Crippen LogP contribution in [0.4, 0.5) is 10.1 Å². The van der Waals surface area contributed by atoms with Crippen molar-refractivity contribution in [3.8, 4) is 0 Å². The third-order valence-electron chi connectivity index (χ3n) is 4.27. The van der Waals surface area contributed by atoms with E-state index in [-0.39, 0.29) is 23.2 Å². The number of amides is 1.